The van der Waals surface area contributed by atoms with Gasteiger partial charge >= 0.3 is 0 Å². The minimum Gasteiger partial charge on any atom is -0.493 e. The lowest BCUT2D eigenvalue weighted by Gasteiger charge is -2.38. The van der Waals surface area contributed by atoms with Gasteiger partial charge in [-0.25, -0.2) is 0 Å². The third-order valence-electron chi connectivity index (χ3n) is 5.18. The molecule has 2 saturated heterocycles. The minimum absolute atomic E-state index is 0.0397. The van der Waals surface area contributed by atoms with Crippen LogP contribution in [-0.4, -0.2) is 51.6 Å². The van der Waals surface area contributed by atoms with Crippen molar-refractivity contribution in [2.45, 2.75) is 43.8 Å². The molecule has 25 heavy (non-hydrogen) atoms. The summed E-state index contributed by atoms with van der Waals surface area (Å²) >= 11 is 0. The summed E-state index contributed by atoms with van der Waals surface area (Å²) in [6, 6.07) is 8.18. The molecule has 4 rings (SSSR count). The first-order chi connectivity index (χ1) is 12.3. The first kappa shape index (κ1) is 15.9. The number of rotatable bonds is 5. The molecule has 7 nitrogen and oxygen atoms in total. The van der Waals surface area contributed by atoms with Gasteiger partial charge in [-0.15, -0.1) is 0 Å². The molecule has 132 valence electrons. The van der Waals surface area contributed by atoms with Gasteiger partial charge in [-0.1, -0.05) is 12.1 Å². The highest BCUT2D eigenvalue weighted by atomic mass is 16.5. The van der Waals surface area contributed by atoms with E-state index in [2.05, 4.69) is 10.2 Å². The van der Waals surface area contributed by atoms with Crippen LogP contribution in [0.25, 0.3) is 0 Å². The summed E-state index contributed by atoms with van der Waals surface area (Å²) in [4.78, 5) is 16.6. The molecule has 1 aromatic heterocycles. The van der Waals surface area contributed by atoms with E-state index in [0.717, 1.165) is 25.7 Å². The number of carbonyl (C=O) groups excluding carboxylic acids is 1. The summed E-state index contributed by atoms with van der Waals surface area (Å²) < 4.78 is 11.0. The van der Waals surface area contributed by atoms with E-state index in [9.17, 15) is 4.79 Å². The number of para-hydroxylation sites is 2. The number of ether oxygens (including phenoxy) is 2. The zero-order chi connectivity index (χ0) is 17.2. The number of nitrogens with zero attached hydrogens (tertiary/aromatic N) is 4. The van der Waals surface area contributed by atoms with Gasteiger partial charge < -0.3 is 14.4 Å². The number of hydrogen-bond acceptors (Lipinski definition) is 5. The number of carbonyl (C=O) groups is 1. The molecule has 0 aliphatic carbocycles. The van der Waals surface area contributed by atoms with Gasteiger partial charge in [0.1, 0.15) is 0 Å². The summed E-state index contributed by atoms with van der Waals surface area (Å²) in [7, 11) is 1.60. The van der Waals surface area contributed by atoms with E-state index in [0.29, 0.717) is 11.5 Å². The maximum atomic E-state index is 12.7. The van der Waals surface area contributed by atoms with Crippen LogP contribution in [0, 0.1) is 0 Å². The fourth-order valence-electron chi connectivity index (χ4n) is 4.11. The summed E-state index contributed by atoms with van der Waals surface area (Å²) in [5, 5.41) is 8.53. The predicted molar refractivity (Wildman–Crippen MR) is 90.4 cm³/mol. The molecule has 0 saturated carbocycles. The summed E-state index contributed by atoms with van der Waals surface area (Å²) in [5.74, 6) is 1.29. The Kier molecular flexibility index (Phi) is 4.29. The van der Waals surface area contributed by atoms with Crippen molar-refractivity contribution in [2.75, 3.05) is 13.7 Å². The van der Waals surface area contributed by atoms with E-state index in [1.165, 1.54) is 0 Å². The van der Waals surface area contributed by atoms with Crippen LogP contribution >= 0.6 is 0 Å². The van der Waals surface area contributed by atoms with Crippen LogP contribution in [0.5, 0.6) is 11.5 Å². The molecule has 2 aliphatic rings. The third kappa shape index (κ3) is 3.06. The Morgan fingerprint density at radius 2 is 1.72 bits per heavy atom. The molecule has 2 atom stereocenters. The standard InChI is InChI=1S/C18H22N4O3/c1-24-16-4-2-3-5-17(16)25-12-18(23)21-13-6-7-14(21)11-15(10-13)22-19-8-9-20-22/h2-5,8-9,13-15H,6-7,10-12H2,1H3. The lowest BCUT2D eigenvalue weighted by Crippen LogP contribution is -2.48. The van der Waals surface area contributed by atoms with Gasteiger partial charge in [0.15, 0.2) is 18.1 Å². The second-order valence-corrected chi connectivity index (χ2v) is 6.60. The van der Waals surface area contributed by atoms with Crippen LogP contribution < -0.4 is 9.47 Å². The van der Waals surface area contributed by atoms with Crippen molar-refractivity contribution >= 4 is 5.91 Å². The van der Waals surface area contributed by atoms with E-state index >= 15 is 0 Å². The second-order valence-electron chi connectivity index (χ2n) is 6.60. The molecule has 7 heteroatoms. The number of benzene rings is 1. The van der Waals surface area contributed by atoms with Crippen molar-refractivity contribution < 1.29 is 14.3 Å². The second kappa shape index (κ2) is 6.74. The van der Waals surface area contributed by atoms with Gasteiger partial charge in [-0.05, 0) is 37.8 Å². The van der Waals surface area contributed by atoms with E-state index in [-0.39, 0.29) is 30.6 Å². The number of amides is 1. The van der Waals surface area contributed by atoms with Crippen LogP contribution in [0.2, 0.25) is 0 Å². The molecule has 2 bridgehead atoms. The van der Waals surface area contributed by atoms with Crippen LogP contribution in [0.15, 0.2) is 36.7 Å². The maximum Gasteiger partial charge on any atom is 0.261 e. The average Bonchev–Trinajstić information content (AvgIpc) is 3.26. The minimum atomic E-state index is 0.0397. The van der Waals surface area contributed by atoms with E-state index < -0.39 is 0 Å². The highest BCUT2D eigenvalue weighted by molar-refractivity contribution is 5.79. The Morgan fingerprint density at radius 1 is 1.08 bits per heavy atom. The summed E-state index contributed by atoms with van der Waals surface area (Å²) in [5.41, 5.74) is 0. The van der Waals surface area contributed by atoms with Crippen LogP contribution in [0.4, 0.5) is 0 Å². The third-order valence-corrected chi connectivity index (χ3v) is 5.18. The highest BCUT2D eigenvalue weighted by Crippen LogP contribution is 2.40. The molecule has 3 heterocycles. The number of aromatic nitrogens is 3. The van der Waals surface area contributed by atoms with Crippen molar-refractivity contribution in [3.63, 3.8) is 0 Å². The van der Waals surface area contributed by atoms with Crippen molar-refractivity contribution in [1.29, 1.82) is 0 Å². The van der Waals surface area contributed by atoms with Gasteiger partial charge in [0.2, 0.25) is 0 Å². The molecule has 2 aromatic rings. The average molecular weight is 342 g/mol. The van der Waals surface area contributed by atoms with Crippen LogP contribution in [0.3, 0.4) is 0 Å². The first-order valence-corrected chi connectivity index (χ1v) is 8.69. The normalized spacial score (nSPS) is 25.0. The lowest BCUT2D eigenvalue weighted by atomic mass is 9.98. The number of fused-ring (bicyclic) bond motifs is 2. The molecule has 1 aromatic carbocycles. The quantitative estimate of drug-likeness (QED) is 0.832. The summed E-state index contributed by atoms with van der Waals surface area (Å²) in [6.07, 6.45) is 7.32. The molecular formula is C18H22N4O3. The Balaban J connectivity index is 1.40. The highest BCUT2D eigenvalue weighted by Gasteiger charge is 2.44. The predicted octanol–water partition coefficient (Wildman–Crippen LogP) is 2.06. The molecule has 2 unspecified atom stereocenters. The molecular weight excluding hydrogens is 320 g/mol. The smallest absolute Gasteiger partial charge is 0.261 e. The number of hydrogen-bond donors (Lipinski definition) is 0. The zero-order valence-corrected chi connectivity index (χ0v) is 14.2. The van der Waals surface area contributed by atoms with Gasteiger partial charge in [0, 0.05) is 12.1 Å². The molecule has 0 spiro atoms. The number of methoxy groups -OCH3 is 1. The monoisotopic (exact) mass is 342 g/mol. The molecule has 1 amide bonds. The number of piperidine rings is 1. The van der Waals surface area contributed by atoms with E-state index in [1.54, 1.807) is 24.3 Å². The van der Waals surface area contributed by atoms with E-state index in [1.807, 2.05) is 29.2 Å². The van der Waals surface area contributed by atoms with E-state index in [4.69, 9.17) is 9.47 Å². The summed E-state index contributed by atoms with van der Waals surface area (Å²) in [6.45, 7) is 0.0397. The first-order valence-electron chi connectivity index (χ1n) is 8.69. The zero-order valence-electron chi connectivity index (χ0n) is 14.2. The largest absolute Gasteiger partial charge is 0.493 e. The van der Waals surface area contributed by atoms with Crippen molar-refractivity contribution in [2.24, 2.45) is 0 Å². The SMILES string of the molecule is COc1ccccc1OCC(=O)N1C2CCC1CC(n1nccn1)C2. The van der Waals surface area contributed by atoms with Crippen LogP contribution in [0.1, 0.15) is 31.7 Å². The molecule has 0 radical (unpaired) electrons. The van der Waals surface area contributed by atoms with Crippen molar-refractivity contribution in [3.05, 3.63) is 36.7 Å². The fraction of sp³-hybridized carbons (Fsp3) is 0.500. The lowest BCUT2D eigenvalue weighted by molar-refractivity contribution is -0.138. The topological polar surface area (TPSA) is 69.5 Å². The van der Waals surface area contributed by atoms with Crippen LogP contribution in [-0.2, 0) is 4.79 Å². The van der Waals surface area contributed by atoms with Gasteiger partial charge in [0.05, 0.1) is 25.5 Å². The Hall–Kier alpha value is -2.57. The fourth-order valence-corrected chi connectivity index (χ4v) is 4.11. The van der Waals surface area contributed by atoms with Crippen molar-refractivity contribution in [3.8, 4) is 11.5 Å². The molecule has 2 fully saturated rings. The van der Waals surface area contributed by atoms with Gasteiger partial charge in [-0.2, -0.15) is 15.0 Å². The maximum absolute atomic E-state index is 12.7. The van der Waals surface area contributed by atoms with Gasteiger partial charge in [0.25, 0.3) is 5.91 Å². The Morgan fingerprint density at radius 3 is 2.36 bits per heavy atom. The van der Waals surface area contributed by atoms with Gasteiger partial charge in [-0.3, -0.25) is 4.79 Å². The Labute approximate surface area is 146 Å². The molecule has 2 aliphatic heterocycles. The van der Waals surface area contributed by atoms with Crippen molar-refractivity contribution in [1.82, 2.24) is 19.9 Å². The Bertz CT molecular complexity index is 720. The molecule has 0 N–H and O–H groups in total.